The summed E-state index contributed by atoms with van der Waals surface area (Å²) in [4.78, 5) is 17.6. The summed E-state index contributed by atoms with van der Waals surface area (Å²) in [5.74, 6) is -1.54. The molecule has 0 bridgehead atoms. The average Bonchev–Trinajstić information content (AvgIpc) is 3.03. The summed E-state index contributed by atoms with van der Waals surface area (Å²) in [6, 6.07) is 3.34. The third-order valence-corrected chi connectivity index (χ3v) is 3.79. The van der Waals surface area contributed by atoms with Crippen molar-refractivity contribution in [2.75, 3.05) is 6.54 Å². The molecular formula is C12H12F3N3O2S. The van der Waals surface area contributed by atoms with Crippen molar-refractivity contribution in [2.24, 2.45) is 0 Å². The molecule has 2 rings (SSSR count). The standard InChI is InChI=1S/C12H12F3N3O2S/c1-3-18(7(2)19)6-8-4-5-9(21-8)10-16-11(20-17-10)12(13,14)15/h4-5H,3,6H2,1-2H3. The summed E-state index contributed by atoms with van der Waals surface area (Å²) in [7, 11) is 0. The molecule has 0 aromatic carbocycles. The first-order valence-electron chi connectivity index (χ1n) is 6.06. The predicted octanol–water partition coefficient (Wildman–Crippen LogP) is 3.19. The van der Waals surface area contributed by atoms with Crippen LogP contribution in [0.5, 0.6) is 0 Å². The second-order valence-electron chi connectivity index (χ2n) is 4.22. The van der Waals surface area contributed by atoms with E-state index in [0.717, 1.165) is 4.88 Å². The third kappa shape index (κ3) is 3.60. The molecule has 114 valence electrons. The van der Waals surface area contributed by atoms with Crippen molar-refractivity contribution in [1.82, 2.24) is 15.0 Å². The molecule has 0 aliphatic carbocycles. The van der Waals surface area contributed by atoms with Crippen LogP contribution in [-0.4, -0.2) is 27.5 Å². The van der Waals surface area contributed by atoms with Crippen LogP contribution >= 0.6 is 11.3 Å². The van der Waals surface area contributed by atoms with Crippen LogP contribution in [0, 0.1) is 0 Å². The summed E-state index contributed by atoms with van der Waals surface area (Å²) in [5.41, 5.74) is 0. The number of aromatic nitrogens is 2. The summed E-state index contributed by atoms with van der Waals surface area (Å²) in [6.07, 6.45) is -4.65. The largest absolute Gasteiger partial charge is 0.471 e. The molecule has 0 aliphatic heterocycles. The van der Waals surface area contributed by atoms with E-state index in [2.05, 4.69) is 14.7 Å². The second kappa shape index (κ2) is 5.84. The van der Waals surface area contributed by atoms with E-state index in [1.807, 2.05) is 6.92 Å². The van der Waals surface area contributed by atoms with Crippen LogP contribution < -0.4 is 0 Å². The molecule has 2 aromatic rings. The summed E-state index contributed by atoms with van der Waals surface area (Å²) >= 11 is 1.22. The highest BCUT2D eigenvalue weighted by atomic mass is 32.1. The quantitative estimate of drug-likeness (QED) is 0.868. The van der Waals surface area contributed by atoms with Gasteiger partial charge in [-0.15, -0.1) is 11.3 Å². The number of thiophene rings is 1. The van der Waals surface area contributed by atoms with Crippen LogP contribution in [0.3, 0.4) is 0 Å². The van der Waals surface area contributed by atoms with Crippen LogP contribution in [0.2, 0.25) is 0 Å². The van der Waals surface area contributed by atoms with Crippen molar-refractivity contribution >= 4 is 17.2 Å². The van der Waals surface area contributed by atoms with Gasteiger partial charge in [0.1, 0.15) is 0 Å². The fourth-order valence-electron chi connectivity index (χ4n) is 1.66. The molecule has 0 radical (unpaired) electrons. The van der Waals surface area contributed by atoms with Gasteiger partial charge in [-0.05, 0) is 19.1 Å². The number of nitrogens with zero attached hydrogens (tertiary/aromatic N) is 3. The zero-order chi connectivity index (χ0) is 15.6. The number of rotatable bonds is 4. The first-order chi connectivity index (χ1) is 9.81. The van der Waals surface area contributed by atoms with E-state index in [4.69, 9.17) is 0 Å². The molecular weight excluding hydrogens is 307 g/mol. The summed E-state index contributed by atoms with van der Waals surface area (Å²) in [6.45, 7) is 4.28. The minimum atomic E-state index is -4.65. The molecule has 2 aromatic heterocycles. The van der Waals surface area contributed by atoms with Crippen LogP contribution in [-0.2, 0) is 17.5 Å². The lowest BCUT2D eigenvalue weighted by Gasteiger charge is -2.17. The van der Waals surface area contributed by atoms with Crippen LogP contribution in [0.1, 0.15) is 24.6 Å². The molecule has 2 heterocycles. The summed E-state index contributed by atoms with van der Waals surface area (Å²) < 4.78 is 41.4. The van der Waals surface area contributed by atoms with Gasteiger partial charge in [0.05, 0.1) is 11.4 Å². The number of alkyl halides is 3. The smallest absolute Gasteiger partial charge is 0.338 e. The molecule has 0 saturated heterocycles. The minimum Gasteiger partial charge on any atom is -0.338 e. The van der Waals surface area contributed by atoms with Crippen molar-refractivity contribution in [2.45, 2.75) is 26.6 Å². The van der Waals surface area contributed by atoms with Gasteiger partial charge in [0.25, 0.3) is 0 Å². The molecule has 0 N–H and O–H groups in total. The molecule has 0 atom stereocenters. The number of hydrogen-bond donors (Lipinski definition) is 0. The van der Waals surface area contributed by atoms with Gasteiger partial charge in [0, 0.05) is 18.3 Å². The topological polar surface area (TPSA) is 59.2 Å². The number of carbonyl (C=O) groups excluding carboxylic acids is 1. The lowest BCUT2D eigenvalue weighted by atomic mass is 10.3. The van der Waals surface area contributed by atoms with Gasteiger partial charge in [-0.2, -0.15) is 18.2 Å². The molecule has 9 heteroatoms. The van der Waals surface area contributed by atoms with E-state index in [9.17, 15) is 18.0 Å². The Kier molecular flexibility index (Phi) is 4.31. The van der Waals surface area contributed by atoms with Crippen molar-refractivity contribution in [3.8, 4) is 10.7 Å². The van der Waals surface area contributed by atoms with Gasteiger partial charge < -0.3 is 9.42 Å². The first-order valence-corrected chi connectivity index (χ1v) is 6.88. The Labute approximate surface area is 122 Å². The highest BCUT2D eigenvalue weighted by Crippen LogP contribution is 2.31. The fraction of sp³-hybridized carbons (Fsp3) is 0.417. The Bertz CT molecular complexity index is 636. The molecule has 0 fully saturated rings. The second-order valence-corrected chi connectivity index (χ2v) is 5.39. The summed E-state index contributed by atoms with van der Waals surface area (Å²) in [5, 5.41) is 3.32. The zero-order valence-corrected chi connectivity index (χ0v) is 12.1. The van der Waals surface area contributed by atoms with Crippen LogP contribution in [0.4, 0.5) is 13.2 Å². The average molecular weight is 319 g/mol. The number of amides is 1. The Balaban J connectivity index is 2.16. The van der Waals surface area contributed by atoms with Crippen molar-refractivity contribution in [3.63, 3.8) is 0 Å². The highest BCUT2D eigenvalue weighted by Gasteiger charge is 2.38. The number of hydrogen-bond acceptors (Lipinski definition) is 5. The Morgan fingerprint density at radius 1 is 1.43 bits per heavy atom. The van der Waals surface area contributed by atoms with Crippen molar-refractivity contribution in [1.29, 1.82) is 0 Å². The van der Waals surface area contributed by atoms with Crippen molar-refractivity contribution in [3.05, 3.63) is 22.9 Å². The highest BCUT2D eigenvalue weighted by molar-refractivity contribution is 7.15. The van der Waals surface area contributed by atoms with Gasteiger partial charge in [-0.1, -0.05) is 5.16 Å². The molecule has 1 amide bonds. The van der Waals surface area contributed by atoms with E-state index >= 15 is 0 Å². The Morgan fingerprint density at radius 2 is 2.14 bits per heavy atom. The Hall–Kier alpha value is -1.90. The minimum absolute atomic E-state index is 0.0635. The normalized spacial score (nSPS) is 11.7. The fourth-order valence-corrected chi connectivity index (χ4v) is 2.60. The number of halogens is 3. The monoisotopic (exact) mass is 319 g/mol. The third-order valence-electron chi connectivity index (χ3n) is 2.72. The Morgan fingerprint density at radius 3 is 2.67 bits per heavy atom. The van der Waals surface area contributed by atoms with Crippen LogP contribution in [0.15, 0.2) is 16.7 Å². The predicted molar refractivity (Wildman–Crippen MR) is 69.4 cm³/mol. The van der Waals surface area contributed by atoms with Gasteiger partial charge in [0.15, 0.2) is 0 Å². The lowest BCUT2D eigenvalue weighted by molar-refractivity contribution is -0.159. The molecule has 0 spiro atoms. The maximum atomic E-state index is 12.4. The SMILES string of the molecule is CCN(Cc1ccc(-c2noc(C(F)(F)F)n2)s1)C(C)=O. The molecule has 0 unspecified atom stereocenters. The van der Waals surface area contributed by atoms with E-state index in [-0.39, 0.29) is 11.7 Å². The van der Waals surface area contributed by atoms with E-state index in [1.165, 1.54) is 18.3 Å². The molecule has 0 aliphatic rings. The molecule has 5 nitrogen and oxygen atoms in total. The van der Waals surface area contributed by atoms with Gasteiger partial charge in [-0.25, -0.2) is 0 Å². The van der Waals surface area contributed by atoms with Crippen LogP contribution in [0.25, 0.3) is 10.7 Å². The number of carbonyl (C=O) groups is 1. The van der Waals surface area contributed by atoms with Gasteiger partial charge >= 0.3 is 12.1 Å². The maximum Gasteiger partial charge on any atom is 0.471 e. The molecule has 21 heavy (non-hydrogen) atoms. The molecule has 0 saturated carbocycles. The maximum absolute atomic E-state index is 12.4. The lowest BCUT2D eigenvalue weighted by Crippen LogP contribution is -2.27. The zero-order valence-electron chi connectivity index (χ0n) is 11.3. The first kappa shape index (κ1) is 15.5. The van der Waals surface area contributed by atoms with Gasteiger partial charge in [0.2, 0.25) is 11.7 Å². The van der Waals surface area contributed by atoms with Crippen molar-refractivity contribution < 1.29 is 22.5 Å². The van der Waals surface area contributed by atoms with E-state index in [0.29, 0.717) is 18.0 Å². The van der Waals surface area contributed by atoms with E-state index in [1.54, 1.807) is 17.0 Å². The van der Waals surface area contributed by atoms with E-state index < -0.39 is 12.1 Å². The van der Waals surface area contributed by atoms with Gasteiger partial charge in [-0.3, -0.25) is 4.79 Å².